The molecular weight excluding hydrogens is 168 g/mol. The first-order chi connectivity index (χ1) is 3.72. The Hall–Kier alpha value is 0.1000. The number of hydrogen-bond donors (Lipinski definition) is 0. The van der Waals surface area contributed by atoms with E-state index < -0.39 is 4.84 Å². The number of alkyl halides is 2. The van der Waals surface area contributed by atoms with E-state index in [1.807, 2.05) is 0 Å². The molecule has 0 fully saturated rings. The van der Waals surface area contributed by atoms with E-state index in [1.54, 1.807) is 6.07 Å². The van der Waals surface area contributed by atoms with E-state index >= 15 is 0 Å². The molecule has 0 aliphatic heterocycles. The van der Waals surface area contributed by atoms with Gasteiger partial charge in [0.1, 0.15) is 4.84 Å². The lowest BCUT2D eigenvalue weighted by atomic mass is 10.4. The minimum absolute atomic E-state index is 0.162. The summed E-state index contributed by atoms with van der Waals surface area (Å²) in [5.74, 6) is 0. The van der Waals surface area contributed by atoms with Crippen LogP contribution in [0.5, 0.6) is 0 Å². The van der Waals surface area contributed by atoms with Crippen LogP contribution in [0.1, 0.15) is 0 Å². The quantitative estimate of drug-likeness (QED) is 0.438. The molecule has 0 radical (unpaired) electrons. The van der Waals surface area contributed by atoms with E-state index in [1.165, 1.54) is 0 Å². The van der Waals surface area contributed by atoms with Crippen molar-refractivity contribution in [3.63, 3.8) is 0 Å². The first kappa shape index (κ1) is 8.10. The van der Waals surface area contributed by atoms with Gasteiger partial charge in [0, 0.05) is 5.54 Å². The van der Waals surface area contributed by atoms with Gasteiger partial charge in [0.2, 0.25) is 0 Å². The average Bonchev–Trinajstić information content (AvgIpc) is 1.69. The van der Waals surface area contributed by atoms with E-state index in [4.69, 9.17) is 40.1 Å². The fourth-order valence-corrected chi connectivity index (χ4v) is 0.648. The van der Waals surface area contributed by atoms with Gasteiger partial charge in [-0.15, -0.1) is 0 Å². The highest BCUT2D eigenvalue weighted by atomic mass is 35.5. The summed E-state index contributed by atoms with van der Waals surface area (Å²) in [5.41, 5.74) is 1.22. The molecule has 0 saturated carbocycles. The van der Waals surface area contributed by atoms with Gasteiger partial charge in [-0.2, -0.15) is 5.26 Å². The zero-order valence-electron chi connectivity index (χ0n) is 3.74. The number of nitriles is 1. The molecule has 0 heterocycles. The van der Waals surface area contributed by atoms with Gasteiger partial charge in [-0.1, -0.05) is 34.8 Å². The van der Waals surface area contributed by atoms with E-state index in [0.717, 1.165) is 5.54 Å². The third-order valence-electron chi connectivity index (χ3n) is 0.482. The largest absolute Gasteiger partial charge is 0.193 e. The van der Waals surface area contributed by atoms with Gasteiger partial charge in [-0.3, -0.25) is 0 Å². The van der Waals surface area contributed by atoms with Crippen LogP contribution in [0.2, 0.25) is 0 Å². The van der Waals surface area contributed by atoms with Crippen molar-refractivity contribution in [2.45, 2.75) is 4.84 Å². The van der Waals surface area contributed by atoms with Crippen molar-refractivity contribution < 1.29 is 0 Å². The van der Waals surface area contributed by atoms with Crippen molar-refractivity contribution in [2.75, 3.05) is 0 Å². The normalized spacial score (nSPS) is 11.6. The van der Waals surface area contributed by atoms with Gasteiger partial charge in [0.25, 0.3) is 0 Å². The highest BCUT2D eigenvalue weighted by Crippen LogP contribution is 2.13. The zero-order valence-corrected chi connectivity index (χ0v) is 6.00. The Morgan fingerprint density at radius 1 is 1.62 bits per heavy atom. The predicted molar refractivity (Wildman–Crippen MR) is 35.0 cm³/mol. The lowest BCUT2D eigenvalue weighted by Crippen LogP contribution is -1.87. The lowest BCUT2D eigenvalue weighted by Gasteiger charge is -1.90. The molecule has 0 rings (SSSR count). The number of hydrogen-bond acceptors (Lipinski definition) is 1. The Kier molecular flexibility index (Phi) is 4.08. The fourth-order valence-electron chi connectivity index (χ4n) is 0.121. The molecule has 4 heteroatoms. The van der Waals surface area contributed by atoms with E-state index in [0.29, 0.717) is 0 Å². The molecule has 8 heavy (non-hydrogen) atoms. The summed E-state index contributed by atoms with van der Waals surface area (Å²) in [6.07, 6.45) is 0. The third kappa shape index (κ3) is 2.42. The minimum atomic E-state index is -0.808. The Bertz CT molecular complexity index is 133. The van der Waals surface area contributed by atoms with Crippen molar-refractivity contribution in [3.05, 3.63) is 11.1 Å². The zero-order chi connectivity index (χ0) is 6.57. The second kappa shape index (κ2) is 4.03. The summed E-state index contributed by atoms with van der Waals surface area (Å²) < 4.78 is 0. The molecule has 0 N–H and O–H groups in total. The highest BCUT2D eigenvalue weighted by molar-refractivity contribution is 6.47. The molecule has 0 aromatic rings. The summed E-state index contributed by atoms with van der Waals surface area (Å²) in [6, 6.07) is 1.72. The topological polar surface area (TPSA) is 23.8 Å². The van der Waals surface area contributed by atoms with Crippen LogP contribution in [0.3, 0.4) is 0 Å². The number of halogens is 3. The van der Waals surface area contributed by atoms with Crippen LogP contribution in [0, 0.1) is 11.3 Å². The molecule has 0 bridgehead atoms. The van der Waals surface area contributed by atoms with E-state index in [-0.39, 0.29) is 5.57 Å². The summed E-state index contributed by atoms with van der Waals surface area (Å²) in [4.78, 5) is -0.808. The Morgan fingerprint density at radius 2 is 2.12 bits per heavy atom. The Labute approximate surface area is 62.4 Å². The molecular formula is C4H2Cl3N. The van der Waals surface area contributed by atoms with Gasteiger partial charge >= 0.3 is 0 Å². The summed E-state index contributed by atoms with van der Waals surface area (Å²) >= 11 is 15.6. The maximum Gasteiger partial charge on any atom is 0.143 e. The summed E-state index contributed by atoms with van der Waals surface area (Å²) in [5, 5.41) is 8.12. The van der Waals surface area contributed by atoms with Crippen molar-refractivity contribution in [3.8, 4) is 6.07 Å². The van der Waals surface area contributed by atoms with Crippen LogP contribution >= 0.6 is 34.8 Å². The van der Waals surface area contributed by atoms with Crippen LogP contribution in [0.25, 0.3) is 0 Å². The van der Waals surface area contributed by atoms with Crippen LogP contribution < -0.4 is 0 Å². The molecule has 0 aliphatic rings. The van der Waals surface area contributed by atoms with Crippen molar-refractivity contribution >= 4 is 34.8 Å². The molecule has 44 valence electrons. The van der Waals surface area contributed by atoms with Crippen molar-refractivity contribution in [2.24, 2.45) is 0 Å². The van der Waals surface area contributed by atoms with Gasteiger partial charge in [-0.25, -0.2) is 0 Å². The van der Waals surface area contributed by atoms with Gasteiger partial charge in [0.15, 0.2) is 0 Å². The van der Waals surface area contributed by atoms with Crippen molar-refractivity contribution in [1.82, 2.24) is 0 Å². The first-order valence-corrected chi connectivity index (χ1v) is 3.01. The second-order valence-corrected chi connectivity index (χ2v) is 2.29. The van der Waals surface area contributed by atoms with Crippen LogP contribution in [0.4, 0.5) is 0 Å². The summed E-state index contributed by atoms with van der Waals surface area (Å²) in [6.45, 7) is 0. The molecule has 0 aromatic heterocycles. The van der Waals surface area contributed by atoms with Crippen LogP contribution in [0.15, 0.2) is 11.1 Å². The third-order valence-corrected chi connectivity index (χ3v) is 1.19. The lowest BCUT2D eigenvalue weighted by molar-refractivity contribution is 1.41. The van der Waals surface area contributed by atoms with Gasteiger partial charge in [-0.05, 0) is 0 Å². The minimum Gasteiger partial charge on any atom is -0.193 e. The number of allylic oxidation sites excluding steroid dienone is 1. The number of rotatable bonds is 1. The fraction of sp³-hybridized carbons (Fsp3) is 0.250. The van der Waals surface area contributed by atoms with Crippen LogP contribution in [-0.2, 0) is 0 Å². The maximum atomic E-state index is 8.12. The molecule has 0 spiro atoms. The summed E-state index contributed by atoms with van der Waals surface area (Å²) in [7, 11) is 0. The predicted octanol–water partition coefficient (Wildman–Crippen LogP) is 2.44. The van der Waals surface area contributed by atoms with Gasteiger partial charge < -0.3 is 0 Å². The SMILES string of the molecule is N#C/C(=C/Cl)C(Cl)Cl. The molecule has 0 amide bonds. The van der Waals surface area contributed by atoms with Gasteiger partial charge in [0.05, 0.1) is 11.6 Å². The smallest absolute Gasteiger partial charge is 0.143 e. The number of nitrogens with zero attached hydrogens (tertiary/aromatic N) is 1. The maximum absolute atomic E-state index is 8.12. The molecule has 0 aliphatic carbocycles. The standard InChI is InChI=1S/C4H2Cl3N/c5-1-3(2-8)4(6)7/h1,4H/b3-1-. The molecule has 1 nitrogen and oxygen atoms in total. The molecule has 0 aromatic carbocycles. The molecule has 0 atom stereocenters. The molecule has 0 unspecified atom stereocenters. The second-order valence-electron chi connectivity index (χ2n) is 0.977. The van der Waals surface area contributed by atoms with Crippen molar-refractivity contribution in [1.29, 1.82) is 5.26 Å². The van der Waals surface area contributed by atoms with E-state index in [9.17, 15) is 0 Å². The average molecular weight is 170 g/mol. The van der Waals surface area contributed by atoms with E-state index in [2.05, 4.69) is 0 Å². The first-order valence-electron chi connectivity index (χ1n) is 1.71. The molecule has 0 saturated heterocycles. The monoisotopic (exact) mass is 169 g/mol. The Morgan fingerprint density at radius 3 is 2.12 bits per heavy atom. The van der Waals surface area contributed by atoms with Crippen LogP contribution in [-0.4, -0.2) is 4.84 Å². The highest BCUT2D eigenvalue weighted by Gasteiger charge is 2.03. The Balaban J connectivity index is 3.98.